The van der Waals surface area contributed by atoms with Crippen LogP contribution in [0.1, 0.15) is 0 Å². The minimum atomic E-state index is -1.99. The van der Waals surface area contributed by atoms with Gasteiger partial charge >= 0.3 is 0 Å². The van der Waals surface area contributed by atoms with Gasteiger partial charge in [-0.3, -0.25) is 4.79 Å². The maximum Gasteiger partial charge on any atom is 0.276 e. The minimum absolute atomic E-state index is 0.500. The number of hydrogen-bond acceptors (Lipinski definition) is 1. The number of anilines is 1. The van der Waals surface area contributed by atoms with Gasteiger partial charge in [0.1, 0.15) is 0 Å². The number of benzene rings is 1. The summed E-state index contributed by atoms with van der Waals surface area (Å²) in [6, 6.07) is 3.53. The first-order chi connectivity index (χ1) is 7.21. The number of hydrogen-bond donors (Lipinski definition) is 1. The fourth-order valence-electron chi connectivity index (χ4n) is 0.846. The lowest BCUT2D eigenvalue weighted by Crippen LogP contribution is -2.27. The van der Waals surface area contributed by atoms with Gasteiger partial charge < -0.3 is 5.32 Å². The maximum atomic E-state index is 11.5. The van der Waals surface area contributed by atoms with Crippen LogP contribution in [0.5, 0.6) is 0 Å². The van der Waals surface area contributed by atoms with Crippen molar-refractivity contribution in [2.75, 3.05) is 5.32 Å². The molecule has 16 heavy (non-hydrogen) atoms. The lowest BCUT2D eigenvalue weighted by atomic mass is 10.3. The number of carbonyl (C=O) groups is 1. The van der Waals surface area contributed by atoms with Crippen LogP contribution in [0.25, 0.3) is 0 Å². The smallest absolute Gasteiger partial charge is 0.276 e. The molecule has 0 saturated heterocycles. The second-order valence-electron chi connectivity index (χ2n) is 2.70. The van der Waals surface area contributed by atoms with Crippen molar-refractivity contribution in [1.29, 1.82) is 0 Å². The van der Waals surface area contributed by atoms with Gasteiger partial charge in [-0.25, -0.2) is 0 Å². The number of halogens is 6. The molecule has 1 aromatic carbocycles. The molecule has 1 rings (SSSR count). The van der Waals surface area contributed by atoms with Crippen molar-refractivity contribution in [2.24, 2.45) is 0 Å². The van der Waals surface area contributed by atoms with Gasteiger partial charge in [-0.05, 0) is 44.0 Å². The number of amides is 1. The Bertz CT molecular complexity index is 410. The number of rotatable bonds is 1. The molecule has 0 spiro atoms. The minimum Gasteiger partial charge on any atom is -0.320 e. The van der Waals surface area contributed by atoms with Gasteiger partial charge in [0.2, 0.25) is 0 Å². The van der Waals surface area contributed by atoms with Crippen LogP contribution in [0.2, 0.25) is 0 Å². The first-order valence-corrected chi connectivity index (χ1v) is 7.26. The summed E-state index contributed by atoms with van der Waals surface area (Å²) < 4.78 is 0.178. The normalized spacial score (nSPS) is 11.4. The van der Waals surface area contributed by atoms with Crippen molar-refractivity contribution in [3.05, 3.63) is 25.6 Å². The topological polar surface area (TPSA) is 29.1 Å². The summed E-state index contributed by atoms with van der Waals surface area (Å²) in [6.07, 6.45) is 0. The second kappa shape index (κ2) is 5.76. The van der Waals surface area contributed by atoms with Gasteiger partial charge in [-0.15, -0.1) is 0 Å². The predicted octanol–water partition coefficient (Wildman–Crippen LogP) is 5.28. The van der Waals surface area contributed by atoms with Gasteiger partial charge in [0.15, 0.2) is 0 Å². The van der Waals surface area contributed by atoms with E-state index in [4.69, 9.17) is 34.8 Å². The lowest BCUT2D eigenvalue weighted by Gasteiger charge is -2.14. The molecule has 0 aliphatic heterocycles. The molecule has 1 aromatic rings. The molecule has 0 aliphatic carbocycles. The van der Waals surface area contributed by atoms with Crippen LogP contribution in [0.3, 0.4) is 0 Å². The first-order valence-electron chi connectivity index (χ1n) is 3.74. The van der Waals surface area contributed by atoms with E-state index < -0.39 is 9.70 Å². The Kier molecular flexibility index (Phi) is 5.42. The van der Waals surface area contributed by atoms with Crippen LogP contribution in [0, 0.1) is 0 Å². The number of nitrogens with one attached hydrogen (secondary N) is 1. The Morgan fingerprint density at radius 1 is 1.12 bits per heavy atom. The summed E-state index contributed by atoms with van der Waals surface area (Å²) in [7, 11) is 0. The van der Waals surface area contributed by atoms with Crippen LogP contribution < -0.4 is 5.32 Å². The summed E-state index contributed by atoms with van der Waals surface area (Å²) in [5.41, 5.74) is 0.500. The molecule has 0 fully saturated rings. The molecule has 1 N–H and O–H groups in total. The Morgan fingerprint density at radius 2 is 1.56 bits per heavy atom. The summed E-state index contributed by atoms with van der Waals surface area (Å²) in [4.78, 5) is 11.5. The Labute approximate surface area is 132 Å². The zero-order valence-corrected chi connectivity index (χ0v) is 14.4. The van der Waals surface area contributed by atoms with Crippen molar-refractivity contribution >= 4 is 94.2 Å². The highest BCUT2D eigenvalue weighted by Crippen LogP contribution is 2.36. The lowest BCUT2D eigenvalue weighted by molar-refractivity contribution is -0.115. The molecule has 0 unspecified atom stereocenters. The molecule has 8 heteroatoms. The molecule has 1 amide bonds. The third-order valence-electron chi connectivity index (χ3n) is 1.50. The third-order valence-corrected chi connectivity index (χ3v) is 3.73. The molecule has 0 heterocycles. The average Bonchev–Trinajstić information content (AvgIpc) is 2.08. The summed E-state index contributed by atoms with van der Waals surface area (Å²) in [5, 5.41) is 2.50. The van der Waals surface area contributed by atoms with Crippen LogP contribution in [-0.2, 0) is 4.79 Å². The molecule has 2 nitrogen and oxygen atoms in total. The largest absolute Gasteiger partial charge is 0.320 e. The standard InChI is InChI=1S/C8H3Br3Cl3NO/c9-3-1-4(10)6(5(11)2-3)15-7(16)8(12,13)14/h1-2H,(H,15,16). The predicted molar refractivity (Wildman–Crippen MR) is 78.5 cm³/mol. The van der Waals surface area contributed by atoms with Crippen molar-refractivity contribution in [2.45, 2.75) is 3.79 Å². The molecular formula is C8H3Br3Cl3NO. The van der Waals surface area contributed by atoms with Crippen molar-refractivity contribution in [3.63, 3.8) is 0 Å². The molecular weight excluding hydrogens is 472 g/mol. The fraction of sp³-hybridized carbons (Fsp3) is 0.125. The maximum absolute atomic E-state index is 11.5. The molecule has 88 valence electrons. The Morgan fingerprint density at radius 3 is 1.94 bits per heavy atom. The number of alkyl halides is 3. The summed E-state index contributed by atoms with van der Waals surface area (Å²) >= 11 is 26.2. The molecule has 0 aliphatic rings. The third kappa shape index (κ3) is 4.03. The molecule has 0 aromatic heterocycles. The monoisotopic (exact) mass is 471 g/mol. The number of carbonyl (C=O) groups excluding carboxylic acids is 1. The zero-order valence-electron chi connectivity index (χ0n) is 7.33. The quantitative estimate of drug-likeness (QED) is 0.551. The van der Waals surface area contributed by atoms with E-state index in [1.165, 1.54) is 0 Å². The van der Waals surface area contributed by atoms with E-state index in [1.807, 2.05) is 0 Å². The summed E-state index contributed by atoms with van der Waals surface area (Å²) in [6.45, 7) is 0. The molecule has 0 saturated carbocycles. The first kappa shape index (κ1) is 15.1. The van der Waals surface area contributed by atoms with E-state index in [0.717, 1.165) is 4.47 Å². The highest BCUT2D eigenvalue weighted by atomic mass is 79.9. The van der Waals surface area contributed by atoms with Gasteiger partial charge in [0, 0.05) is 13.4 Å². The zero-order chi connectivity index (χ0) is 12.5. The highest BCUT2D eigenvalue weighted by Gasteiger charge is 2.31. The van der Waals surface area contributed by atoms with Crippen molar-refractivity contribution in [1.82, 2.24) is 0 Å². The fourth-order valence-corrected chi connectivity index (χ4v) is 3.44. The van der Waals surface area contributed by atoms with Gasteiger partial charge in [0.05, 0.1) is 5.69 Å². The van der Waals surface area contributed by atoms with E-state index in [9.17, 15) is 4.79 Å². The van der Waals surface area contributed by atoms with Crippen LogP contribution >= 0.6 is 82.6 Å². The molecule has 0 radical (unpaired) electrons. The SMILES string of the molecule is O=C(Nc1c(Br)cc(Br)cc1Br)C(Cl)(Cl)Cl. The summed E-state index contributed by atoms with van der Waals surface area (Å²) in [5.74, 6) is -0.721. The van der Waals surface area contributed by atoms with Crippen LogP contribution in [0.15, 0.2) is 25.6 Å². The van der Waals surface area contributed by atoms with Crippen molar-refractivity contribution < 1.29 is 4.79 Å². The van der Waals surface area contributed by atoms with E-state index in [-0.39, 0.29) is 0 Å². The van der Waals surface area contributed by atoms with Gasteiger partial charge in [0.25, 0.3) is 9.70 Å². The van der Waals surface area contributed by atoms with Gasteiger partial charge in [-0.1, -0.05) is 50.7 Å². The molecule has 0 bridgehead atoms. The van der Waals surface area contributed by atoms with Crippen LogP contribution in [-0.4, -0.2) is 9.70 Å². The van der Waals surface area contributed by atoms with Gasteiger partial charge in [-0.2, -0.15) is 0 Å². The Balaban J connectivity index is 3.03. The highest BCUT2D eigenvalue weighted by molar-refractivity contribution is 9.11. The van der Waals surface area contributed by atoms with E-state index in [0.29, 0.717) is 14.6 Å². The Hall–Kier alpha value is 1.000. The van der Waals surface area contributed by atoms with Crippen LogP contribution in [0.4, 0.5) is 5.69 Å². The van der Waals surface area contributed by atoms with E-state index in [2.05, 4.69) is 53.1 Å². The van der Waals surface area contributed by atoms with Crippen molar-refractivity contribution in [3.8, 4) is 0 Å². The molecule has 0 atom stereocenters. The van der Waals surface area contributed by atoms with E-state index in [1.54, 1.807) is 12.1 Å². The van der Waals surface area contributed by atoms with E-state index >= 15 is 0 Å². The average molecular weight is 475 g/mol. The second-order valence-corrected chi connectivity index (χ2v) is 7.60.